The Morgan fingerprint density at radius 2 is 1.84 bits per heavy atom. The smallest absolute Gasteiger partial charge is 0.261 e. The van der Waals surface area contributed by atoms with Crippen molar-refractivity contribution in [2.24, 2.45) is 5.92 Å². The van der Waals surface area contributed by atoms with E-state index in [1.165, 1.54) is 19.1 Å². The topological polar surface area (TPSA) is 84.9 Å². The summed E-state index contributed by atoms with van der Waals surface area (Å²) in [5.74, 6) is 2.54. The molecule has 8 heteroatoms. The van der Waals surface area contributed by atoms with Gasteiger partial charge in [-0.3, -0.25) is 14.5 Å². The Labute approximate surface area is 182 Å². The van der Waals surface area contributed by atoms with Crippen LogP contribution in [0.5, 0.6) is 11.5 Å². The van der Waals surface area contributed by atoms with Gasteiger partial charge in [0.1, 0.15) is 28.7 Å². The Balaban J connectivity index is 1.61. The summed E-state index contributed by atoms with van der Waals surface area (Å²) in [4.78, 5) is 38.5. The van der Waals surface area contributed by atoms with E-state index in [2.05, 4.69) is 4.98 Å². The first-order valence-corrected chi connectivity index (χ1v) is 10.6. The summed E-state index contributed by atoms with van der Waals surface area (Å²) in [6.45, 7) is 2.87. The summed E-state index contributed by atoms with van der Waals surface area (Å²) in [7, 11) is 4.74. The van der Waals surface area contributed by atoms with Crippen LogP contribution in [-0.4, -0.2) is 54.5 Å². The molecule has 0 atom stereocenters. The molecule has 4 rings (SSSR count). The van der Waals surface area contributed by atoms with Crippen LogP contribution in [-0.2, 0) is 17.8 Å². The Morgan fingerprint density at radius 3 is 2.45 bits per heavy atom. The summed E-state index contributed by atoms with van der Waals surface area (Å²) in [5, 5.41) is 0. The molecule has 164 valence electrons. The predicted molar refractivity (Wildman–Crippen MR) is 116 cm³/mol. The van der Waals surface area contributed by atoms with E-state index in [0.29, 0.717) is 47.5 Å². The number of rotatable bonds is 7. The Morgan fingerprint density at radius 1 is 1.16 bits per heavy atom. The van der Waals surface area contributed by atoms with Crippen LogP contribution in [0.25, 0.3) is 0 Å². The fourth-order valence-corrected chi connectivity index (χ4v) is 3.99. The predicted octanol–water partition coefficient (Wildman–Crippen LogP) is 2.76. The number of ether oxygens (including phenoxy) is 2. The first-order valence-electron chi connectivity index (χ1n) is 10.6. The lowest BCUT2D eigenvalue weighted by atomic mass is 10.0. The molecule has 0 N–H and O–H groups in total. The van der Waals surface area contributed by atoms with E-state index < -0.39 is 0 Å². The highest BCUT2D eigenvalue weighted by molar-refractivity contribution is 5.99. The van der Waals surface area contributed by atoms with Gasteiger partial charge in [0.15, 0.2) is 0 Å². The van der Waals surface area contributed by atoms with E-state index in [9.17, 15) is 9.59 Å². The lowest BCUT2D eigenvalue weighted by Gasteiger charge is -2.30. The summed E-state index contributed by atoms with van der Waals surface area (Å²) in [5.41, 5.74) is 2.25. The zero-order valence-electron chi connectivity index (χ0n) is 18.5. The van der Waals surface area contributed by atoms with Gasteiger partial charge >= 0.3 is 0 Å². The molecule has 0 unspecified atom stereocenters. The third-order valence-corrected chi connectivity index (χ3v) is 5.89. The maximum absolute atomic E-state index is 13.2. The van der Waals surface area contributed by atoms with Crippen molar-refractivity contribution < 1.29 is 19.1 Å². The quantitative estimate of drug-likeness (QED) is 0.680. The van der Waals surface area contributed by atoms with Gasteiger partial charge < -0.3 is 14.4 Å². The van der Waals surface area contributed by atoms with Crippen molar-refractivity contribution in [1.29, 1.82) is 0 Å². The number of fused-ring (bicyclic) bond motifs is 1. The van der Waals surface area contributed by atoms with Crippen LogP contribution in [0.2, 0.25) is 0 Å². The number of carbonyl (C=O) groups is 2. The van der Waals surface area contributed by atoms with Gasteiger partial charge in [-0.2, -0.15) is 0 Å². The second kappa shape index (κ2) is 8.53. The number of aromatic nitrogens is 2. The van der Waals surface area contributed by atoms with Crippen LogP contribution >= 0.6 is 0 Å². The largest absolute Gasteiger partial charge is 0.496 e. The van der Waals surface area contributed by atoms with Crippen molar-refractivity contribution in [2.45, 2.75) is 39.2 Å². The summed E-state index contributed by atoms with van der Waals surface area (Å²) >= 11 is 0. The normalized spacial score (nSPS) is 15.5. The monoisotopic (exact) mass is 424 g/mol. The molecule has 0 radical (unpaired) electrons. The summed E-state index contributed by atoms with van der Waals surface area (Å²) in [6.07, 6.45) is 3.48. The van der Waals surface area contributed by atoms with Crippen LogP contribution in [0.1, 0.15) is 46.7 Å². The number of hydrogen-bond acceptors (Lipinski definition) is 6. The average molecular weight is 425 g/mol. The van der Waals surface area contributed by atoms with Gasteiger partial charge in [-0.25, -0.2) is 9.97 Å². The number of aryl methyl sites for hydroxylation is 1. The highest BCUT2D eigenvalue weighted by Crippen LogP contribution is 2.35. The minimum absolute atomic E-state index is 0.117. The van der Waals surface area contributed by atoms with Crippen molar-refractivity contribution in [3.05, 3.63) is 40.8 Å². The first kappa shape index (κ1) is 21.1. The number of hydrogen-bond donors (Lipinski definition) is 0. The fraction of sp³-hybridized carbons (Fsp3) is 0.478. The number of methoxy groups -OCH3 is 2. The Bertz CT molecular complexity index is 997. The van der Waals surface area contributed by atoms with Crippen molar-refractivity contribution in [2.75, 3.05) is 32.7 Å². The minimum atomic E-state index is -0.251. The molecule has 1 aromatic carbocycles. The van der Waals surface area contributed by atoms with Gasteiger partial charge in [-0.1, -0.05) is 6.07 Å². The standard InChI is InChI=1S/C23H28N4O4/c1-14-16-10-11-20(28)27(12-15-8-9-15)22(16)25-19(24-14)13-26(2)23(29)21-17(30-3)6-5-7-18(21)31-4/h5-7,15H,8-13H2,1-4H3. The van der Waals surface area contributed by atoms with Gasteiger partial charge in [0.05, 0.1) is 20.8 Å². The zero-order chi connectivity index (χ0) is 22.1. The second-order valence-corrected chi connectivity index (χ2v) is 8.17. The SMILES string of the molecule is COc1cccc(OC)c1C(=O)N(C)Cc1nc(C)c2c(n1)N(CC1CC1)C(=O)CC2. The van der Waals surface area contributed by atoms with Gasteiger partial charge in [0.25, 0.3) is 5.91 Å². The molecule has 8 nitrogen and oxygen atoms in total. The molecule has 2 amide bonds. The molecule has 2 aliphatic rings. The van der Waals surface area contributed by atoms with Crippen molar-refractivity contribution in [3.8, 4) is 11.5 Å². The molecule has 2 aromatic rings. The highest BCUT2D eigenvalue weighted by atomic mass is 16.5. The van der Waals surface area contributed by atoms with Crippen molar-refractivity contribution in [3.63, 3.8) is 0 Å². The maximum Gasteiger partial charge on any atom is 0.261 e. The molecule has 1 saturated carbocycles. The minimum Gasteiger partial charge on any atom is -0.496 e. The van der Waals surface area contributed by atoms with E-state index in [4.69, 9.17) is 14.5 Å². The van der Waals surface area contributed by atoms with E-state index in [-0.39, 0.29) is 18.4 Å². The third kappa shape index (κ3) is 4.19. The van der Waals surface area contributed by atoms with Crippen LogP contribution in [0, 0.1) is 12.8 Å². The van der Waals surface area contributed by atoms with Crippen LogP contribution in [0.4, 0.5) is 5.82 Å². The lowest BCUT2D eigenvalue weighted by molar-refractivity contribution is -0.119. The molecule has 31 heavy (non-hydrogen) atoms. The van der Waals surface area contributed by atoms with Gasteiger partial charge in [0, 0.05) is 31.3 Å². The van der Waals surface area contributed by atoms with E-state index in [1.807, 2.05) is 11.8 Å². The maximum atomic E-state index is 13.2. The zero-order valence-corrected chi connectivity index (χ0v) is 18.5. The molecule has 2 heterocycles. The summed E-state index contributed by atoms with van der Waals surface area (Å²) in [6, 6.07) is 5.23. The number of carbonyl (C=O) groups excluding carboxylic acids is 2. The van der Waals surface area contributed by atoms with E-state index in [0.717, 1.165) is 30.6 Å². The number of amides is 2. The van der Waals surface area contributed by atoms with Gasteiger partial charge in [-0.15, -0.1) is 0 Å². The Hall–Kier alpha value is -3.16. The second-order valence-electron chi connectivity index (χ2n) is 8.17. The van der Waals surface area contributed by atoms with Gasteiger partial charge in [0.2, 0.25) is 5.91 Å². The van der Waals surface area contributed by atoms with Crippen molar-refractivity contribution in [1.82, 2.24) is 14.9 Å². The molecule has 1 aliphatic heterocycles. The first-order chi connectivity index (χ1) is 14.9. The van der Waals surface area contributed by atoms with Gasteiger partial charge in [-0.05, 0) is 44.2 Å². The molecule has 0 saturated heterocycles. The summed E-state index contributed by atoms with van der Waals surface area (Å²) < 4.78 is 10.7. The molecule has 0 bridgehead atoms. The molecule has 1 aliphatic carbocycles. The molecular formula is C23H28N4O4. The molecule has 1 fully saturated rings. The number of anilines is 1. The number of nitrogens with zero attached hydrogens (tertiary/aromatic N) is 4. The van der Waals surface area contributed by atoms with E-state index >= 15 is 0 Å². The van der Waals surface area contributed by atoms with Crippen LogP contribution < -0.4 is 14.4 Å². The fourth-order valence-electron chi connectivity index (χ4n) is 3.99. The van der Waals surface area contributed by atoms with Crippen molar-refractivity contribution >= 4 is 17.6 Å². The Kier molecular flexibility index (Phi) is 5.80. The van der Waals surface area contributed by atoms with E-state index in [1.54, 1.807) is 25.2 Å². The average Bonchev–Trinajstić information content (AvgIpc) is 3.58. The molecular weight excluding hydrogens is 396 g/mol. The molecule has 1 aromatic heterocycles. The highest BCUT2D eigenvalue weighted by Gasteiger charge is 2.33. The van der Waals surface area contributed by atoms with Crippen LogP contribution in [0.3, 0.4) is 0 Å². The van der Waals surface area contributed by atoms with Crippen LogP contribution in [0.15, 0.2) is 18.2 Å². The number of benzene rings is 1. The lowest BCUT2D eigenvalue weighted by Crippen LogP contribution is -2.38. The molecule has 0 spiro atoms. The third-order valence-electron chi connectivity index (χ3n) is 5.89.